The lowest BCUT2D eigenvalue weighted by Crippen LogP contribution is -2.56. The molecule has 2 aromatic rings. The van der Waals surface area contributed by atoms with Gasteiger partial charge in [-0.1, -0.05) is 48.5 Å². The molecule has 0 spiro atoms. The molecule has 2 amide bonds. The van der Waals surface area contributed by atoms with E-state index in [1.165, 1.54) is 23.8 Å². The van der Waals surface area contributed by atoms with Crippen molar-refractivity contribution >= 4 is 29.7 Å². The third kappa shape index (κ3) is 4.56. The van der Waals surface area contributed by atoms with Crippen molar-refractivity contribution in [1.82, 2.24) is 10.2 Å². The van der Waals surface area contributed by atoms with Crippen molar-refractivity contribution in [2.24, 2.45) is 0 Å². The summed E-state index contributed by atoms with van der Waals surface area (Å²) in [6.45, 7) is 1.75. The minimum Gasteiger partial charge on any atom is -0.480 e. The van der Waals surface area contributed by atoms with Crippen molar-refractivity contribution in [3.63, 3.8) is 0 Å². The third-order valence-electron chi connectivity index (χ3n) is 6.17. The van der Waals surface area contributed by atoms with Gasteiger partial charge in [0.25, 0.3) is 0 Å². The molecule has 0 aromatic heterocycles. The number of hydrogen-bond donors (Lipinski definition) is 2. The fraction of sp³-hybridized carbons (Fsp3) is 0.375. The maximum Gasteiger partial charge on any atom is 0.407 e. The largest absolute Gasteiger partial charge is 0.480 e. The smallest absolute Gasteiger partial charge is 0.407 e. The molecule has 1 aliphatic carbocycles. The van der Waals surface area contributed by atoms with Crippen molar-refractivity contribution in [1.29, 1.82) is 0 Å². The Morgan fingerprint density at radius 1 is 1.12 bits per heavy atom. The SMILES string of the molecule is COC(C)C(NC(=O)OCC1c2ccccc2-c2ccccc21)C(=O)N1CSC[C@H]1C(=O)O. The number of rotatable bonds is 7. The molecule has 8 nitrogen and oxygen atoms in total. The summed E-state index contributed by atoms with van der Waals surface area (Å²) in [7, 11) is 1.43. The van der Waals surface area contributed by atoms with E-state index in [0.29, 0.717) is 5.75 Å². The van der Waals surface area contributed by atoms with Crippen molar-refractivity contribution in [3.05, 3.63) is 59.7 Å². The predicted octanol–water partition coefficient (Wildman–Crippen LogP) is 2.91. The van der Waals surface area contributed by atoms with Crippen LogP contribution in [0.4, 0.5) is 4.79 Å². The normalized spacial score (nSPS) is 18.8. The molecular formula is C24H26N2O6S. The first kappa shape index (κ1) is 23.1. The number of benzene rings is 2. The van der Waals surface area contributed by atoms with Gasteiger partial charge in [-0.05, 0) is 29.2 Å². The zero-order valence-electron chi connectivity index (χ0n) is 18.4. The first-order chi connectivity index (χ1) is 15.9. The average molecular weight is 471 g/mol. The van der Waals surface area contributed by atoms with E-state index in [1.807, 2.05) is 36.4 Å². The maximum atomic E-state index is 13.1. The number of amides is 2. The molecular weight excluding hydrogens is 444 g/mol. The number of carbonyl (C=O) groups is 3. The number of thioether (sulfide) groups is 1. The summed E-state index contributed by atoms with van der Waals surface area (Å²) in [5.41, 5.74) is 4.41. The van der Waals surface area contributed by atoms with Crippen molar-refractivity contribution in [2.75, 3.05) is 25.3 Å². The highest BCUT2D eigenvalue weighted by Crippen LogP contribution is 2.44. The predicted molar refractivity (Wildman–Crippen MR) is 124 cm³/mol. The van der Waals surface area contributed by atoms with Gasteiger partial charge in [0.1, 0.15) is 18.7 Å². The highest BCUT2D eigenvalue weighted by Gasteiger charge is 2.40. The van der Waals surface area contributed by atoms with Gasteiger partial charge in [-0.15, -0.1) is 11.8 Å². The average Bonchev–Trinajstić information content (AvgIpc) is 3.44. The van der Waals surface area contributed by atoms with Crippen LogP contribution in [-0.2, 0) is 19.1 Å². The molecule has 2 aromatic carbocycles. The molecule has 0 radical (unpaired) electrons. The van der Waals surface area contributed by atoms with E-state index < -0.39 is 36.2 Å². The maximum absolute atomic E-state index is 13.1. The van der Waals surface area contributed by atoms with Gasteiger partial charge >= 0.3 is 12.1 Å². The topological polar surface area (TPSA) is 105 Å². The zero-order valence-corrected chi connectivity index (χ0v) is 19.2. The van der Waals surface area contributed by atoms with E-state index in [2.05, 4.69) is 17.4 Å². The molecule has 1 fully saturated rings. The fourth-order valence-corrected chi connectivity index (χ4v) is 5.48. The molecule has 3 atom stereocenters. The van der Waals surface area contributed by atoms with Crippen LogP contribution < -0.4 is 5.32 Å². The molecule has 1 heterocycles. The summed E-state index contributed by atoms with van der Waals surface area (Å²) in [6, 6.07) is 14.0. The summed E-state index contributed by atoms with van der Waals surface area (Å²) in [4.78, 5) is 38.6. The van der Waals surface area contributed by atoms with Gasteiger partial charge in [-0.25, -0.2) is 9.59 Å². The van der Waals surface area contributed by atoms with Gasteiger partial charge in [0.2, 0.25) is 5.91 Å². The second kappa shape index (κ2) is 9.84. The molecule has 0 saturated carbocycles. The number of nitrogens with zero attached hydrogens (tertiary/aromatic N) is 1. The summed E-state index contributed by atoms with van der Waals surface area (Å²) in [5, 5.41) is 12.0. The van der Waals surface area contributed by atoms with E-state index in [4.69, 9.17) is 9.47 Å². The third-order valence-corrected chi connectivity index (χ3v) is 7.19. The second-order valence-corrected chi connectivity index (χ2v) is 9.05. The number of ether oxygens (including phenoxy) is 2. The number of nitrogens with one attached hydrogen (secondary N) is 1. The first-order valence-electron chi connectivity index (χ1n) is 10.7. The number of hydrogen-bond acceptors (Lipinski definition) is 6. The van der Waals surface area contributed by atoms with Crippen molar-refractivity contribution in [3.8, 4) is 11.1 Å². The summed E-state index contributed by atoms with van der Waals surface area (Å²) < 4.78 is 10.8. The van der Waals surface area contributed by atoms with Crippen molar-refractivity contribution in [2.45, 2.75) is 31.0 Å². The van der Waals surface area contributed by atoms with Gasteiger partial charge in [0, 0.05) is 18.8 Å². The molecule has 0 bridgehead atoms. The Labute approximate surface area is 196 Å². The minimum atomic E-state index is -1.07. The van der Waals surface area contributed by atoms with Gasteiger partial charge in [-0.3, -0.25) is 4.79 Å². The zero-order chi connectivity index (χ0) is 23.5. The number of carboxylic acids is 1. The Hall–Kier alpha value is -3.04. The highest BCUT2D eigenvalue weighted by atomic mass is 32.2. The number of carboxylic acid groups (broad SMARTS) is 1. The van der Waals surface area contributed by atoms with Crippen LogP contribution in [0, 0.1) is 0 Å². The summed E-state index contributed by atoms with van der Waals surface area (Å²) >= 11 is 1.36. The molecule has 2 N–H and O–H groups in total. The molecule has 2 aliphatic rings. The molecule has 174 valence electrons. The number of alkyl carbamates (subject to hydrolysis) is 1. The van der Waals surface area contributed by atoms with E-state index in [1.54, 1.807) is 6.92 Å². The quantitative estimate of drug-likeness (QED) is 0.641. The lowest BCUT2D eigenvalue weighted by Gasteiger charge is -2.29. The van der Waals surface area contributed by atoms with Gasteiger partial charge in [0.15, 0.2) is 0 Å². The van der Waals surface area contributed by atoms with Crippen LogP contribution >= 0.6 is 11.8 Å². The Bertz CT molecular complexity index is 1020. The Morgan fingerprint density at radius 3 is 2.30 bits per heavy atom. The molecule has 9 heteroatoms. The van der Waals surface area contributed by atoms with Gasteiger partial charge in [0.05, 0.1) is 12.0 Å². The number of carbonyl (C=O) groups excluding carboxylic acids is 2. The molecule has 4 rings (SSSR count). The minimum absolute atomic E-state index is 0.108. The van der Waals surface area contributed by atoms with E-state index >= 15 is 0 Å². The van der Waals surface area contributed by atoms with E-state index in [0.717, 1.165) is 22.3 Å². The Balaban J connectivity index is 1.46. The lowest BCUT2D eigenvalue weighted by molar-refractivity contribution is -0.149. The van der Waals surface area contributed by atoms with Crippen LogP contribution in [0.3, 0.4) is 0 Å². The summed E-state index contributed by atoms with van der Waals surface area (Å²) in [6.07, 6.45) is -1.42. The van der Waals surface area contributed by atoms with E-state index in [9.17, 15) is 19.5 Å². The second-order valence-electron chi connectivity index (χ2n) is 8.05. The van der Waals surface area contributed by atoms with Crippen LogP contribution in [0.25, 0.3) is 11.1 Å². The van der Waals surface area contributed by atoms with Crippen LogP contribution in [0.2, 0.25) is 0 Å². The number of methoxy groups -OCH3 is 1. The fourth-order valence-electron chi connectivity index (χ4n) is 4.33. The Kier molecular flexibility index (Phi) is 6.90. The molecule has 2 unspecified atom stereocenters. The highest BCUT2D eigenvalue weighted by molar-refractivity contribution is 7.99. The van der Waals surface area contributed by atoms with Crippen molar-refractivity contribution < 1.29 is 29.0 Å². The monoisotopic (exact) mass is 470 g/mol. The van der Waals surface area contributed by atoms with E-state index in [-0.39, 0.29) is 18.4 Å². The van der Waals surface area contributed by atoms with Crippen LogP contribution in [0.1, 0.15) is 24.0 Å². The number of fused-ring (bicyclic) bond motifs is 3. The summed E-state index contributed by atoms with van der Waals surface area (Å²) in [5.74, 6) is -1.13. The molecule has 1 saturated heterocycles. The standard InChI is InChI=1S/C24H26N2O6S/c1-14(31-2)21(22(27)26-13-33-12-20(26)23(28)29)25-24(30)32-11-19-17-9-5-3-7-15(17)16-8-4-6-10-18(16)19/h3-10,14,19-21H,11-13H2,1-2H3,(H,25,30)(H,28,29)/t14?,20-,21?/m0/s1. The first-order valence-corrected chi connectivity index (χ1v) is 11.8. The molecule has 33 heavy (non-hydrogen) atoms. The lowest BCUT2D eigenvalue weighted by atomic mass is 9.98. The van der Waals surface area contributed by atoms with Crippen LogP contribution in [-0.4, -0.2) is 71.5 Å². The number of aliphatic carboxylic acids is 1. The van der Waals surface area contributed by atoms with Gasteiger partial charge in [-0.2, -0.15) is 0 Å². The Morgan fingerprint density at radius 2 is 1.73 bits per heavy atom. The molecule has 1 aliphatic heterocycles. The van der Waals surface area contributed by atoms with Crippen LogP contribution in [0.5, 0.6) is 0 Å². The van der Waals surface area contributed by atoms with Gasteiger partial charge < -0.3 is 24.8 Å². The van der Waals surface area contributed by atoms with Crippen LogP contribution in [0.15, 0.2) is 48.5 Å².